The highest BCUT2D eigenvalue weighted by Crippen LogP contribution is 2.28. The first-order valence-corrected chi connectivity index (χ1v) is 14.0. The van der Waals surface area contributed by atoms with Gasteiger partial charge in [-0.1, -0.05) is 17.7 Å². The van der Waals surface area contributed by atoms with Crippen LogP contribution in [0.4, 0.5) is 23.1 Å². The Balaban J connectivity index is 1.38. The highest BCUT2D eigenvalue weighted by atomic mass is 35.5. The summed E-state index contributed by atoms with van der Waals surface area (Å²) in [7, 11) is -3.79. The van der Waals surface area contributed by atoms with Gasteiger partial charge < -0.3 is 20.3 Å². The van der Waals surface area contributed by atoms with E-state index in [0.29, 0.717) is 45.9 Å². The fourth-order valence-electron chi connectivity index (χ4n) is 4.35. The lowest BCUT2D eigenvalue weighted by atomic mass is 9.93. The van der Waals surface area contributed by atoms with E-state index < -0.39 is 10.0 Å². The number of aliphatic hydroxyl groups is 1. The van der Waals surface area contributed by atoms with Gasteiger partial charge in [-0.3, -0.25) is 4.72 Å². The van der Waals surface area contributed by atoms with E-state index in [0.717, 1.165) is 25.7 Å². The maximum atomic E-state index is 12.8. The number of fused-ring (bicyclic) bond motifs is 1. The Morgan fingerprint density at radius 2 is 1.81 bits per heavy atom. The lowest BCUT2D eigenvalue weighted by Crippen LogP contribution is -2.29. The summed E-state index contributed by atoms with van der Waals surface area (Å²) in [6, 6.07) is 13.1. The van der Waals surface area contributed by atoms with E-state index in [2.05, 4.69) is 25.3 Å². The summed E-state index contributed by atoms with van der Waals surface area (Å²) in [4.78, 5) is 14.0. The number of anilines is 4. The van der Waals surface area contributed by atoms with Crippen LogP contribution in [0.1, 0.15) is 32.6 Å². The molecule has 2 aromatic heterocycles. The largest absolute Gasteiger partial charge is 0.393 e. The molecular weight excluding hydrogens is 514 g/mol. The molecule has 1 saturated carbocycles. The average molecular weight is 542 g/mol. The number of hydrogen-bond acceptors (Lipinski definition) is 8. The van der Waals surface area contributed by atoms with Crippen molar-refractivity contribution in [2.24, 2.45) is 0 Å². The first kappa shape index (κ1) is 25.2. The zero-order valence-electron chi connectivity index (χ0n) is 20.2. The second-order valence-corrected chi connectivity index (χ2v) is 11.1. The highest BCUT2D eigenvalue weighted by molar-refractivity contribution is 7.92. The predicted octanol–water partition coefficient (Wildman–Crippen LogP) is 4.76. The molecule has 12 heteroatoms. The molecule has 194 valence electrons. The van der Waals surface area contributed by atoms with E-state index in [4.69, 9.17) is 16.6 Å². The monoisotopic (exact) mass is 541 g/mol. The number of halogens is 1. The highest BCUT2D eigenvalue weighted by Gasteiger charge is 2.21. The van der Waals surface area contributed by atoms with Crippen molar-refractivity contribution in [3.63, 3.8) is 0 Å². The number of nitrogens with zero attached hydrogens (tertiary/aromatic N) is 4. The molecule has 0 aliphatic heterocycles. The topological polar surface area (TPSA) is 134 Å². The van der Waals surface area contributed by atoms with Gasteiger partial charge in [-0.25, -0.2) is 13.4 Å². The van der Waals surface area contributed by atoms with E-state index in [1.807, 2.05) is 11.5 Å². The normalized spacial score (nSPS) is 18.0. The molecule has 0 unspecified atom stereocenters. The van der Waals surface area contributed by atoms with Crippen molar-refractivity contribution in [2.45, 2.75) is 56.2 Å². The number of aliphatic hydroxyl groups excluding tert-OH is 1. The van der Waals surface area contributed by atoms with Gasteiger partial charge in [-0.05, 0) is 75.1 Å². The summed E-state index contributed by atoms with van der Waals surface area (Å²) < 4.78 is 30.1. The molecule has 4 aromatic rings. The molecule has 0 saturated heterocycles. The van der Waals surface area contributed by atoms with Gasteiger partial charge in [0.25, 0.3) is 10.0 Å². The quantitative estimate of drug-likeness (QED) is 0.251. The summed E-state index contributed by atoms with van der Waals surface area (Å²) in [5.74, 6) is 1.000. The van der Waals surface area contributed by atoms with Crippen LogP contribution in [0.2, 0.25) is 5.02 Å². The lowest BCUT2D eigenvalue weighted by molar-refractivity contribution is 0.126. The van der Waals surface area contributed by atoms with Crippen LogP contribution in [0.5, 0.6) is 0 Å². The van der Waals surface area contributed by atoms with Crippen LogP contribution in [0.25, 0.3) is 11.2 Å². The molecule has 1 aliphatic rings. The predicted molar refractivity (Wildman–Crippen MR) is 145 cm³/mol. The lowest BCUT2D eigenvalue weighted by Gasteiger charge is -2.26. The van der Waals surface area contributed by atoms with E-state index in [1.165, 1.54) is 12.1 Å². The fraction of sp³-hybridized carbons (Fsp3) is 0.320. The van der Waals surface area contributed by atoms with Crippen molar-refractivity contribution in [2.75, 3.05) is 15.4 Å². The average Bonchev–Trinajstić information content (AvgIpc) is 3.29. The van der Waals surface area contributed by atoms with Crippen LogP contribution in [-0.2, 0) is 16.6 Å². The maximum absolute atomic E-state index is 12.8. The number of rotatable bonds is 8. The van der Waals surface area contributed by atoms with E-state index in [-0.39, 0.29) is 17.0 Å². The minimum absolute atomic E-state index is 0.114. The number of nitrogens with one attached hydrogen (secondary N) is 3. The number of aryl methyl sites for hydroxylation is 1. The summed E-state index contributed by atoms with van der Waals surface area (Å²) >= 11 is 5.97. The standard InChI is InChI=1S/C25H28ClN7O3S/c1-2-33-15-27-22-23(30-25(31-24(22)33)29-18-6-10-20(34)11-7-18)28-17-8-12-21(13-9-17)37(35,36)32-19-5-3-4-16(26)14-19/h3-5,8-9,12-15,18,20,32,34H,2,6-7,10-11H2,1H3,(H2,28,29,30,31). The summed E-state index contributed by atoms with van der Waals surface area (Å²) in [5, 5.41) is 16.9. The first-order valence-electron chi connectivity index (χ1n) is 12.1. The van der Waals surface area contributed by atoms with Gasteiger partial charge in [0, 0.05) is 23.3 Å². The minimum Gasteiger partial charge on any atom is -0.393 e. The Hall–Kier alpha value is -3.41. The van der Waals surface area contributed by atoms with Crippen molar-refractivity contribution < 1.29 is 13.5 Å². The SMILES string of the molecule is CCn1cnc2c(Nc3ccc(S(=O)(=O)Nc4cccc(Cl)c4)cc3)nc(NC3CCC(O)CC3)nc21. The molecule has 0 radical (unpaired) electrons. The van der Waals surface area contributed by atoms with Gasteiger partial charge in [0.15, 0.2) is 17.0 Å². The van der Waals surface area contributed by atoms with Crippen LogP contribution >= 0.6 is 11.6 Å². The van der Waals surface area contributed by atoms with E-state index >= 15 is 0 Å². The molecule has 1 fully saturated rings. The Bertz CT molecular complexity index is 1500. The molecule has 0 bridgehead atoms. The molecule has 1 aliphatic carbocycles. The number of imidazole rings is 1. The van der Waals surface area contributed by atoms with Gasteiger partial charge in [0.2, 0.25) is 5.95 Å². The molecule has 0 atom stereocenters. The second-order valence-electron chi connectivity index (χ2n) is 9.01. The van der Waals surface area contributed by atoms with Crippen molar-refractivity contribution in [3.05, 3.63) is 59.9 Å². The number of hydrogen-bond donors (Lipinski definition) is 4. The van der Waals surface area contributed by atoms with Gasteiger partial charge in [-0.15, -0.1) is 0 Å². The van der Waals surface area contributed by atoms with Crippen LogP contribution in [0.15, 0.2) is 59.8 Å². The zero-order chi connectivity index (χ0) is 26.0. The smallest absolute Gasteiger partial charge is 0.261 e. The molecule has 4 N–H and O–H groups in total. The molecule has 10 nitrogen and oxygen atoms in total. The molecule has 0 spiro atoms. The Morgan fingerprint density at radius 3 is 2.51 bits per heavy atom. The summed E-state index contributed by atoms with van der Waals surface area (Å²) in [5.41, 5.74) is 2.35. The summed E-state index contributed by atoms with van der Waals surface area (Å²) in [6.45, 7) is 2.72. The molecule has 37 heavy (non-hydrogen) atoms. The molecule has 5 rings (SSSR count). The van der Waals surface area contributed by atoms with Gasteiger partial charge >= 0.3 is 0 Å². The van der Waals surface area contributed by atoms with Gasteiger partial charge in [0.05, 0.1) is 23.0 Å². The van der Waals surface area contributed by atoms with Crippen molar-refractivity contribution in [1.82, 2.24) is 19.5 Å². The third-order valence-electron chi connectivity index (χ3n) is 6.34. The fourth-order valence-corrected chi connectivity index (χ4v) is 5.59. The third kappa shape index (κ3) is 5.79. The summed E-state index contributed by atoms with van der Waals surface area (Å²) in [6.07, 6.45) is 4.67. The minimum atomic E-state index is -3.79. The number of sulfonamides is 1. The van der Waals surface area contributed by atoms with Crippen LogP contribution < -0.4 is 15.4 Å². The van der Waals surface area contributed by atoms with E-state index in [1.54, 1.807) is 42.7 Å². The van der Waals surface area contributed by atoms with Crippen molar-refractivity contribution >= 4 is 55.9 Å². The first-order chi connectivity index (χ1) is 17.8. The van der Waals surface area contributed by atoms with Crippen molar-refractivity contribution in [1.29, 1.82) is 0 Å². The molecular formula is C25H28ClN7O3S. The van der Waals surface area contributed by atoms with Crippen LogP contribution in [0, 0.1) is 0 Å². The molecule has 0 amide bonds. The number of aromatic nitrogens is 4. The van der Waals surface area contributed by atoms with Gasteiger partial charge in [0.1, 0.15) is 0 Å². The van der Waals surface area contributed by atoms with Crippen molar-refractivity contribution in [3.8, 4) is 0 Å². The zero-order valence-corrected chi connectivity index (χ0v) is 21.8. The second kappa shape index (κ2) is 10.5. The van der Waals surface area contributed by atoms with E-state index in [9.17, 15) is 13.5 Å². The Labute approximate surface area is 220 Å². The Kier molecular flexibility index (Phi) is 7.18. The van der Waals surface area contributed by atoms with Gasteiger partial charge in [-0.2, -0.15) is 9.97 Å². The van der Waals surface area contributed by atoms with Crippen LogP contribution in [0.3, 0.4) is 0 Å². The van der Waals surface area contributed by atoms with Crippen LogP contribution in [-0.4, -0.2) is 45.2 Å². The Morgan fingerprint density at radius 1 is 1.05 bits per heavy atom. The molecule has 2 heterocycles. The number of benzene rings is 2. The molecule has 2 aromatic carbocycles. The maximum Gasteiger partial charge on any atom is 0.261 e. The third-order valence-corrected chi connectivity index (χ3v) is 7.97.